The van der Waals surface area contributed by atoms with Crippen LogP contribution in [0.1, 0.15) is 65.0 Å². The van der Waals surface area contributed by atoms with Gasteiger partial charge in [0.05, 0.1) is 11.1 Å². The highest BCUT2D eigenvalue weighted by Crippen LogP contribution is 2.30. The number of esters is 2. The van der Waals surface area contributed by atoms with E-state index in [2.05, 4.69) is 6.92 Å². The Hall–Kier alpha value is -3.14. The van der Waals surface area contributed by atoms with Crippen LogP contribution in [0.15, 0.2) is 60.7 Å². The number of hydrogen-bond donors (Lipinski definition) is 0. The fourth-order valence-corrected chi connectivity index (χ4v) is 2.94. The smallest absolute Gasteiger partial charge is 0.344 e. The van der Waals surface area contributed by atoms with Crippen LogP contribution in [0.25, 0.3) is 11.5 Å². The van der Waals surface area contributed by atoms with Gasteiger partial charge in [-0.3, -0.25) is 0 Å². The van der Waals surface area contributed by atoms with Crippen molar-refractivity contribution in [3.8, 4) is 0 Å². The van der Waals surface area contributed by atoms with Gasteiger partial charge < -0.3 is 9.47 Å². The third kappa shape index (κ3) is 4.00. The lowest BCUT2D eigenvalue weighted by Gasteiger charge is -1.96. The molecule has 0 spiro atoms. The number of cyclic esters (lactones) is 2. The zero-order valence-electron chi connectivity index (χ0n) is 15.5. The van der Waals surface area contributed by atoms with Crippen LogP contribution in [0, 0.1) is 0 Å². The summed E-state index contributed by atoms with van der Waals surface area (Å²) in [5.74, 6) is 0.939. The highest BCUT2D eigenvalue weighted by molar-refractivity contribution is 6.03. The van der Waals surface area contributed by atoms with Crippen LogP contribution in [-0.4, -0.2) is 11.9 Å². The van der Waals surface area contributed by atoms with Crippen LogP contribution >= 0.6 is 0 Å². The summed E-state index contributed by atoms with van der Waals surface area (Å²) in [5.41, 5.74) is 3.18. The molecule has 0 saturated heterocycles. The number of allylic oxidation sites excluding steroid dienone is 2. The van der Waals surface area contributed by atoms with E-state index in [-0.39, 0.29) is 11.9 Å². The van der Waals surface area contributed by atoms with Crippen LogP contribution in [0.2, 0.25) is 0 Å². The second-order valence-electron chi connectivity index (χ2n) is 6.20. The third-order valence-corrected chi connectivity index (χ3v) is 4.24. The first-order chi connectivity index (χ1) is 13.2. The molecule has 0 aromatic heterocycles. The summed E-state index contributed by atoms with van der Waals surface area (Å²) in [5, 5.41) is 0. The molecule has 138 valence electrons. The molecule has 2 aliphatic heterocycles. The molecule has 0 atom stereocenters. The van der Waals surface area contributed by atoms with Gasteiger partial charge in [0.2, 0.25) is 0 Å². The minimum atomic E-state index is -0.240. The first-order valence-electron chi connectivity index (χ1n) is 9.19. The van der Waals surface area contributed by atoms with E-state index in [1.54, 1.807) is 12.1 Å². The minimum absolute atomic E-state index is 0.233. The summed E-state index contributed by atoms with van der Waals surface area (Å²) in [7, 11) is 0. The molecule has 2 heterocycles. The molecule has 4 nitrogen and oxygen atoms in total. The molecule has 0 N–H and O–H groups in total. The van der Waals surface area contributed by atoms with E-state index >= 15 is 0 Å². The van der Waals surface area contributed by atoms with Crippen molar-refractivity contribution in [1.29, 1.82) is 0 Å². The summed E-state index contributed by atoms with van der Waals surface area (Å²) >= 11 is 0. The first-order valence-corrected chi connectivity index (χ1v) is 9.19. The topological polar surface area (TPSA) is 52.6 Å². The van der Waals surface area contributed by atoms with Gasteiger partial charge in [-0.2, -0.15) is 0 Å². The maximum atomic E-state index is 11.4. The zero-order valence-corrected chi connectivity index (χ0v) is 15.5. The molecular formula is C23H22O4. The SMILES string of the molecule is CCC=C1OC(=O)c2ccccc21.CCCC=C1OC(=O)c2ccccc21. The van der Waals surface area contributed by atoms with Gasteiger partial charge in [-0.1, -0.05) is 56.7 Å². The van der Waals surface area contributed by atoms with Gasteiger partial charge in [-0.05, 0) is 37.1 Å². The molecule has 0 amide bonds. The maximum Gasteiger partial charge on any atom is 0.344 e. The molecular weight excluding hydrogens is 340 g/mol. The van der Waals surface area contributed by atoms with Gasteiger partial charge in [-0.25, -0.2) is 9.59 Å². The van der Waals surface area contributed by atoms with Gasteiger partial charge >= 0.3 is 11.9 Å². The molecule has 2 aromatic carbocycles. The van der Waals surface area contributed by atoms with Gasteiger partial charge in [-0.15, -0.1) is 0 Å². The van der Waals surface area contributed by atoms with Crippen molar-refractivity contribution < 1.29 is 19.1 Å². The number of carbonyl (C=O) groups is 2. The fraction of sp³-hybridized carbons (Fsp3) is 0.217. The Kier molecular flexibility index (Phi) is 5.87. The van der Waals surface area contributed by atoms with Crippen molar-refractivity contribution in [2.24, 2.45) is 0 Å². The number of ether oxygens (including phenoxy) is 2. The number of rotatable bonds is 3. The number of fused-ring (bicyclic) bond motifs is 2. The number of benzene rings is 2. The van der Waals surface area contributed by atoms with Crippen molar-refractivity contribution >= 4 is 23.5 Å². The first kappa shape index (κ1) is 18.6. The molecule has 2 aliphatic rings. The van der Waals surface area contributed by atoms with E-state index in [1.807, 2.05) is 55.5 Å². The van der Waals surface area contributed by atoms with Crippen molar-refractivity contribution in [3.63, 3.8) is 0 Å². The van der Waals surface area contributed by atoms with E-state index in [1.165, 1.54) is 0 Å². The van der Waals surface area contributed by atoms with E-state index < -0.39 is 0 Å². The Morgan fingerprint density at radius 2 is 1.15 bits per heavy atom. The number of hydrogen-bond acceptors (Lipinski definition) is 4. The zero-order chi connectivity index (χ0) is 19.2. The van der Waals surface area contributed by atoms with Crippen LogP contribution in [0.3, 0.4) is 0 Å². The predicted octanol–water partition coefficient (Wildman–Crippen LogP) is 5.61. The van der Waals surface area contributed by atoms with Crippen molar-refractivity contribution in [3.05, 3.63) is 82.9 Å². The average molecular weight is 362 g/mol. The average Bonchev–Trinajstić information content (AvgIpc) is 3.19. The molecule has 2 aromatic rings. The molecule has 0 bridgehead atoms. The Bertz CT molecular complexity index is 921. The minimum Gasteiger partial charge on any atom is -0.423 e. The van der Waals surface area contributed by atoms with Crippen LogP contribution in [0.5, 0.6) is 0 Å². The Labute approximate surface area is 159 Å². The fourth-order valence-electron chi connectivity index (χ4n) is 2.94. The quantitative estimate of drug-likeness (QED) is 0.666. The normalized spacial score (nSPS) is 17.1. The Balaban J connectivity index is 0.000000156. The molecule has 4 rings (SSSR count). The molecule has 0 radical (unpaired) electrons. The predicted molar refractivity (Wildman–Crippen MR) is 105 cm³/mol. The van der Waals surface area contributed by atoms with Crippen LogP contribution in [-0.2, 0) is 9.47 Å². The Morgan fingerprint density at radius 3 is 1.59 bits per heavy atom. The van der Waals surface area contributed by atoms with Gasteiger partial charge in [0.15, 0.2) is 0 Å². The standard InChI is InChI=1S/C12H12O2.C11H10O2/c1-2-3-8-11-9-6-4-5-7-10(9)12(13)14-11;1-2-5-10-8-6-3-4-7-9(8)11(12)13-10/h4-8H,2-3H2,1H3;3-7H,2H2,1H3. The summed E-state index contributed by atoms with van der Waals surface area (Å²) < 4.78 is 10.3. The lowest BCUT2D eigenvalue weighted by atomic mass is 10.1. The van der Waals surface area contributed by atoms with Crippen LogP contribution in [0.4, 0.5) is 0 Å². The van der Waals surface area contributed by atoms with Gasteiger partial charge in [0.1, 0.15) is 11.5 Å². The molecule has 0 aliphatic carbocycles. The van der Waals surface area contributed by atoms with E-state index in [0.717, 1.165) is 30.4 Å². The maximum absolute atomic E-state index is 11.4. The lowest BCUT2D eigenvalue weighted by Crippen LogP contribution is -1.92. The monoisotopic (exact) mass is 362 g/mol. The number of unbranched alkanes of at least 4 members (excludes halogenated alkanes) is 1. The highest BCUT2D eigenvalue weighted by atomic mass is 16.5. The highest BCUT2D eigenvalue weighted by Gasteiger charge is 2.25. The van der Waals surface area contributed by atoms with Crippen molar-refractivity contribution in [2.75, 3.05) is 0 Å². The van der Waals surface area contributed by atoms with Crippen LogP contribution < -0.4 is 0 Å². The second kappa shape index (κ2) is 8.49. The van der Waals surface area contributed by atoms with Gasteiger partial charge in [0.25, 0.3) is 0 Å². The van der Waals surface area contributed by atoms with E-state index in [4.69, 9.17) is 9.47 Å². The molecule has 27 heavy (non-hydrogen) atoms. The molecule has 0 unspecified atom stereocenters. The van der Waals surface area contributed by atoms with E-state index in [9.17, 15) is 9.59 Å². The number of carbonyl (C=O) groups excluding carboxylic acids is 2. The van der Waals surface area contributed by atoms with E-state index in [0.29, 0.717) is 22.6 Å². The molecule has 4 heteroatoms. The molecule has 0 fully saturated rings. The largest absolute Gasteiger partial charge is 0.423 e. The van der Waals surface area contributed by atoms with Crippen molar-refractivity contribution in [2.45, 2.75) is 33.1 Å². The lowest BCUT2D eigenvalue weighted by molar-refractivity contribution is 0.0705. The summed E-state index contributed by atoms with van der Waals surface area (Å²) in [6, 6.07) is 14.9. The van der Waals surface area contributed by atoms with Gasteiger partial charge in [0, 0.05) is 11.1 Å². The summed E-state index contributed by atoms with van der Waals surface area (Å²) in [6.07, 6.45) is 6.77. The third-order valence-electron chi connectivity index (χ3n) is 4.24. The molecule has 0 saturated carbocycles. The summed E-state index contributed by atoms with van der Waals surface area (Å²) in [6.45, 7) is 4.11. The summed E-state index contributed by atoms with van der Waals surface area (Å²) in [4.78, 5) is 22.7. The Morgan fingerprint density at radius 1 is 0.704 bits per heavy atom. The second-order valence-corrected chi connectivity index (χ2v) is 6.20. The van der Waals surface area contributed by atoms with Crippen molar-refractivity contribution in [1.82, 2.24) is 0 Å².